The van der Waals surface area contributed by atoms with E-state index in [0.29, 0.717) is 11.3 Å². The summed E-state index contributed by atoms with van der Waals surface area (Å²) in [5.74, 6) is -0.934. The predicted molar refractivity (Wildman–Crippen MR) is 65.4 cm³/mol. The number of thioether (sulfide) groups is 1. The minimum absolute atomic E-state index is 0.0676. The number of hydrogen-bond acceptors (Lipinski definition) is 4. The van der Waals surface area contributed by atoms with Crippen LogP contribution in [0.15, 0.2) is 23.1 Å². The van der Waals surface area contributed by atoms with E-state index in [1.165, 1.54) is 17.8 Å². The van der Waals surface area contributed by atoms with Crippen molar-refractivity contribution in [3.8, 4) is 0 Å². The summed E-state index contributed by atoms with van der Waals surface area (Å²) in [5, 5.41) is 19.5. The lowest BCUT2D eigenvalue weighted by Gasteiger charge is -2.08. The van der Waals surface area contributed by atoms with Crippen molar-refractivity contribution in [2.75, 3.05) is 5.75 Å². The van der Waals surface area contributed by atoms with Crippen molar-refractivity contribution in [2.45, 2.75) is 18.7 Å². The number of aliphatic carboxylic acids is 1. The Hall–Kier alpha value is -1.56. The lowest BCUT2D eigenvalue weighted by atomic mass is 10.2. The van der Waals surface area contributed by atoms with Gasteiger partial charge < -0.3 is 5.11 Å². The van der Waals surface area contributed by atoms with Crippen molar-refractivity contribution >= 4 is 23.4 Å². The number of carbonyl (C=O) groups is 1. The van der Waals surface area contributed by atoms with Gasteiger partial charge in [0.1, 0.15) is 0 Å². The van der Waals surface area contributed by atoms with Crippen LogP contribution in [0.4, 0.5) is 5.69 Å². The summed E-state index contributed by atoms with van der Waals surface area (Å²) in [6.45, 7) is 3.29. The van der Waals surface area contributed by atoms with Crippen LogP contribution < -0.4 is 0 Å². The summed E-state index contributed by atoms with van der Waals surface area (Å²) >= 11 is 1.33. The van der Waals surface area contributed by atoms with Crippen LogP contribution >= 0.6 is 11.8 Å². The smallest absolute Gasteiger partial charge is 0.307 e. The maximum Gasteiger partial charge on any atom is 0.307 e. The number of benzene rings is 1. The molecule has 1 aromatic rings. The average molecular weight is 255 g/mol. The molecule has 1 aromatic carbocycles. The van der Waals surface area contributed by atoms with E-state index in [-0.39, 0.29) is 5.69 Å². The second kappa shape index (κ2) is 5.67. The SMILES string of the molecule is Cc1c(SCC(C)C(=O)O)cccc1[N+](=O)[O-]. The Kier molecular flexibility index (Phi) is 4.51. The van der Waals surface area contributed by atoms with E-state index in [1.54, 1.807) is 26.0 Å². The van der Waals surface area contributed by atoms with Crippen molar-refractivity contribution in [2.24, 2.45) is 5.92 Å². The third-order valence-corrected chi connectivity index (χ3v) is 3.78. The van der Waals surface area contributed by atoms with Gasteiger partial charge >= 0.3 is 5.97 Å². The number of carboxylic acid groups (broad SMARTS) is 1. The Morgan fingerprint density at radius 3 is 2.76 bits per heavy atom. The zero-order chi connectivity index (χ0) is 13.0. The van der Waals surface area contributed by atoms with Crippen LogP contribution in [0, 0.1) is 23.0 Å². The molecule has 92 valence electrons. The van der Waals surface area contributed by atoms with Gasteiger partial charge in [0.2, 0.25) is 0 Å². The van der Waals surface area contributed by atoms with Crippen molar-refractivity contribution in [1.82, 2.24) is 0 Å². The number of nitro groups is 1. The summed E-state index contributed by atoms with van der Waals surface area (Å²) in [7, 11) is 0. The number of nitro benzene ring substituents is 1. The molecular formula is C11H13NO4S. The minimum Gasteiger partial charge on any atom is -0.481 e. The van der Waals surface area contributed by atoms with E-state index >= 15 is 0 Å². The van der Waals surface area contributed by atoms with Gasteiger partial charge in [0.25, 0.3) is 5.69 Å². The molecule has 0 amide bonds. The molecule has 1 unspecified atom stereocenters. The zero-order valence-electron chi connectivity index (χ0n) is 9.54. The summed E-state index contributed by atoms with van der Waals surface area (Å²) in [6.07, 6.45) is 0. The second-order valence-electron chi connectivity index (χ2n) is 3.71. The average Bonchev–Trinajstić information content (AvgIpc) is 2.26. The molecule has 5 nitrogen and oxygen atoms in total. The lowest BCUT2D eigenvalue weighted by molar-refractivity contribution is -0.385. The molecule has 0 fully saturated rings. The van der Waals surface area contributed by atoms with Crippen molar-refractivity contribution in [1.29, 1.82) is 0 Å². The monoisotopic (exact) mass is 255 g/mol. The van der Waals surface area contributed by atoms with Crippen LogP contribution in [0.1, 0.15) is 12.5 Å². The van der Waals surface area contributed by atoms with Crippen LogP contribution in [0.5, 0.6) is 0 Å². The Bertz CT molecular complexity index is 447. The van der Waals surface area contributed by atoms with Gasteiger partial charge in [0.05, 0.1) is 10.8 Å². The highest BCUT2D eigenvalue weighted by atomic mass is 32.2. The molecule has 0 saturated heterocycles. The summed E-state index contributed by atoms with van der Waals surface area (Å²) in [4.78, 5) is 21.7. The van der Waals surface area contributed by atoms with Crippen LogP contribution in [0.2, 0.25) is 0 Å². The molecule has 1 rings (SSSR count). The Morgan fingerprint density at radius 2 is 2.24 bits per heavy atom. The number of nitrogens with zero attached hydrogens (tertiary/aromatic N) is 1. The minimum atomic E-state index is -0.861. The van der Waals surface area contributed by atoms with Crippen LogP contribution in [0.25, 0.3) is 0 Å². The fourth-order valence-electron chi connectivity index (χ4n) is 1.24. The van der Waals surface area contributed by atoms with Gasteiger partial charge in [0, 0.05) is 22.3 Å². The third kappa shape index (κ3) is 3.45. The number of rotatable bonds is 5. The fourth-order valence-corrected chi connectivity index (χ4v) is 2.31. The van der Waals surface area contributed by atoms with E-state index in [0.717, 1.165) is 4.90 Å². The highest BCUT2D eigenvalue weighted by Crippen LogP contribution is 2.30. The van der Waals surface area contributed by atoms with Crippen LogP contribution in [-0.4, -0.2) is 21.8 Å². The quantitative estimate of drug-likeness (QED) is 0.497. The van der Waals surface area contributed by atoms with E-state index in [9.17, 15) is 14.9 Å². The first-order chi connectivity index (χ1) is 7.93. The first-order valence-electron chi connectivity index (χ1n) is 5.03. The topological polar surface area (TPSA) is 80.4 Å². The molecule has 0 aromatic heterocycles. The zero-order valence-corrected chi connectivity index (χ0v) is 10.4. The molecule has 0 radical (unpaired) electrons. The third-order valence-electron chi connectivity index (χ3n) is 2.36. The standard InChI is InChI=1S/C11H13NO4S/c1-7(11(13)14)6-17-10-5-3-4-9(8(10)2)12(15)16/h3-5,7H,6H2,1-2H3,(H,13,14). The van der Waals surface area contributed by atoms with Crippen molar-refractivity contribution in [3.63, 3.8) is 0 Å². The normalized spacial score (nSPS) is 12.1. The number of hydrogen-bond donors (Lipinski definition) is 1. The largest absolute Gasteiger partial charge is 0.481 e. The van der Waals surface area contributed by atoms with Crippen molar-refractivity contribution < 1.29 is 14.8 Å². The molecule has 6 heteroatoms. The molecule has 0 aliphatic carbocycles. The molecule has 1 atom stereocenters. The lowest BCUT2D eigenvalue weighted by Crippen LogP contribution is -2.11. The maximum absolute atomic E-state index is 10.7. The molecule has 0 spiro atoms. The van der Waals surface area contributed by atoms with Gasteiger partial charge in [0.15, 0.2) is 0 Å². The van der Waals surface area contributed by atoms with E-state index in [2.05, 4.69) is 0 Å². The van der Waals surface area contributed by atoms with E-state index < -0.39 is 16.8 Å². The Balaban J connectivity index is 2.82. The number of carboxylic acids is 1. The molecule has 0 heterocycles. The highest BCUT2D eigenvalue weighted by Gasteiger charge is 2.16. The maximum atomic E-state index is 10.7. The molecule has 0 aliphatic heterocycles. The first kappa shape index (κ1) is 13.5. The molecule has 0 bridgehead atoms. The van der Waals surface area contributed by atoms with E-state index in [1.807, 2.05) is 0 Å². The molecule has 0 saturated carbocycles. The fraction of sp³-hybridized carbons (Fsp3) is 0.364. The molecule has 1 N–H and O–H groups in total. The molecule has 17 heavy (non-hydrogen) atoms. The Labute approximate surface area is 103 Å². The summed E-state index contributed by atoms with van der Waals surface area (Å²) < 4.78 is 0. The predicted octanol–water partition coefficient (Wildman–Crippen LogP) is 2.72. The summed E-state index contributed by atoms with van der Waals surface area (Å²) in [6, 6.07) is 4.82. The first-order valence-corrected chi connectivity index (χ1v) is 6.01. The van der Waals surface area contributed by atoms with Gasteiger partial charge in [-0.2, -0.15) is 0 Å². The van der Waals surface area contributed by atoms with Gasteiger partial charge in [-0.1, -0.05) is 13.0 Å². The molecular weight excluding hydrogens is 242 g/mol. The van der Waals surface area contributed by atoms with Gasteiger partial charge in [-0.25, -0.2) is 0 Å². The second-order valence-corrected chi connectivity index (χ2v) is 4.77. The molecule has 0 aliphatic rings. The van der Waals surface area contributed by atoms with Crippen LogP contribution in [0.3, 0.4) is 0 Å². The summed E-state index contributed by atoms with van der Waals surface area (Å²) in [5.41, 5.74) is 0.651. The van der Waals surface area contributed by atoms with Gasteiger partial charge in [-0.3, -0.25) is 14.9 Å². The van der Waals surface area contributed by atoms with E-state index in [4.69, 9.17) is 5.11 Å². The highest BCUT2D eigenvalue weighted by molar-refractivity contribution is 7.99. The van der Waals surface area contributed by atoms with Crippen molar-refractivity contribution in [3.05, 3.63) is 33.9 Å². The van der Waals surface area contributed by atoms with Gasteiger partial charge in [-0.15, -0.1) is 11.8 Å². The van der Waals surface area contributed by atoms with Crippen LogP contribution in [-0.2, 0) is 4.79 Å². The Morgan fingerprint density at radius 1 is 1.59 bits per heavy atom. The van der Waals surface area contributed by atoms with Gasteiger partial charge in [-0.05, 0) is 13.0 Å².